The Hall–Kier alpha value is -1.64. The monoisotopic (exact) mass is 415 g/mol. The molecule has 0 fully saturated rings. The fourth-order valence-corrected chi connectivity index (χ4v) is 1.89. The number of halogens is 1. The molecule has 22 heavy (non-hydrogen) atoms. The number of hydrogen-bond acceptors (Lipinski definition) is 4. The minimum Gasteiger partial charge on any atom is -0.357 e. The first kappa shape index (κ1) is 18.4. The molecule has 0 spiro atoms. The van der Waals surface area contributed by atoms with Crippen molar-refractivity contribution >= 4 is 29.9 Å². The molecule has 0 aliphatic carbocycles. The van der Waals surface area contributed by atoms with Gasteiger partial charge < -0.3 is 15.2 Å². The Morgan fingerprint density at radius 2 is 2.09 bits per heavy atom. The molecule has 7 heteroatoms. The standard InChI is InChI=1S/C15H21N5O.HI/c1-4-16-15(18-10-14-19-12(3)20-21-14)17-9-13-7-5-6-11(2)8-13;/h5-8H,4,9-10H2,1-3H3,(H2,16,17,18);1H. The molecule has 0 radical (unpaired) electrons. The molecule has 0 amide bonds. The molecule has 0 aliphatic rings. The normalized spacial score (nSPS) is 11.0. The van der Waals surface area contributed by atoms with Crippen LogP contribution in [0, 0.1) is 13.8 Å². The van der Waals surface area contributed by atoms with Crippen molar-refractivity contribution in [2.45, 2.75) is 33.9 Å². The molecule has 0 saturated carbocycles. The van der Waals surface area contributed by atoms with Crippen LogP contribution in [-0.4, -0.2) is 22.6 Å². The maximum atomic E-state index is 5.06. The van der Waals surface area contributed by atoms with Crippen molar-refractivity contribution in [2.75, 3.05) is 6.54 Å². The van der Waals surface area contributed by atoms with Crippen molar-refractivity contribution < 1.29 is 4.52 Å². The Morgan fingerprint density at radius 1 is 1.27 bits per heavy atom. The van der Waals surface area contributed by atoms with E-state index in [1.54, 1.807) is 6.92 Å². The van der Waals surface area contributed by atoms with Crippen molar-refractivity contribution in [3.63, 3.8) is 0 Å². The molecule has 0 unspecified atom stereocenters. The lowest BCUT2D eigenvalue weighted by Crippen LogP contribution is -2.36. The van der Waals surface area contributed by atoms with Gasteiger partial charge in [-0.3, -0.25) is 0 Å². The Labute approximate surface area is 147 Å². The van der Waals surface area contributed by atoms with Gasteiger partial charge in [-0.05, 0) is 26.3 Å². The Kier molecular flexibility index (Phi) is 7.86. The summed E-state index contributed by atoms with van der Waals surface area (Å²) in [4.78, 5) is 8.70. The van der Waals surface area contributed by atoms with E-state index < -0.39 is 0 Å². The van der Waals surface area contributed by atoms with Crippen molar-refractivity contribution in [3.8, 4) is 0 Å². The summed E-state index contributed by atoms with van der Waals surface area (Å²) in [5.74, 6) is 1.91. The number of aliphatic imine (C=N–C) groups is 1. The first-order valence-corrected chi connectivity index (χ1v) is 7.04. The lowest BCUT2D eigenvalue weighted by Gasteiger charge is -2.09. The number of aryl methyl sites for hydroxylation is 2. The molecule has 2 aromatic rings. The third-order valence-electron chi connectivity index (χ3n) is 2.82. The summed E-state index contributed by atoms with van der Waals surface area (Å²) in [6, 6.07) is 8.33. The van der Waals surface area contributed by atoms with Crippen LogP contribution in [0.4, 0.5) is 0 Å². The third-order valence-corrected chi connectivity index (χ3v) is 2.82. The van der Waals surface area contributed by atoms with E-state index in [2.05, 4.69) is 50.9 Å². The maximum Gasteiger partial charge on any atom is 0.246 e. The first-order chi connectivity index (χ1) is 10.2. The second kappa shape index (κ2) is 9.39. The predicted octanol–water partition coefficient (Wildman–Crippen LogP) is 2.56. The molecule has 0 aliphatic heterocycles. The summed E-state index contributed by atoms with van der Waals surface area (Å²) >= 11 is 0. The lowest BCUT2D eigenvalue weighted by molar-refractivity contribution is 0.371. The Morgan fingerprint density at radius 3 is 2.73 bits per heavy atom. The van der Waals surface area contributed by atoms with Gasteiger partial charge in [0.25, 0.3) is 0 Å². The minimum atomic E-state index is 0. The van der Waals surface area contributed by atoms with E-state index in [4.69, 9.17) is 4.52 Å². The molecule has 120 valence electrons. The molecule has 0 atom stereocenters. The van der Waals surface area contributed by atoms with E-state index in [9.17, 15) is 0 Å². The van der Waals surface area contributed by atoms with Gasteiger partial charge in [0.15, 0.2) is 11.8 Å². The highest BCUT2D eigenvalue weighted by molar-refractivity contribution is 14.0. The quantitative estimate of drug-likeness (QED) is 0.446. The van der Waals surface area contributed by atoms with E-state index in [0.717, 1.165) is 12.5 Å². The van der Waals surface area contributed by atoms with E-state index in [-0.39, 0.29) is 24.0 Å². The van der Waals surface area contributed by atoms with Gasteiger partial charge in [-0.2, -0.15) is 4.98 Å². The number of aromatic nitrogens is 2. The summed E-state index contributed by atoms with van der Waals surface area (Å²) in [6.07, 6.45) is 0. The molecule has 2 N–H and O–H groups in total. The number of nitrogens with zero attached hydrogens (tertiary/aromatic N) is 3. The summed E-state index contributed by atoms with van der Waals surface area (Å²) in [6.45, 7) is 7.78. The largest absolute Gasteiger partial charge is 0.357 e. The number of rotatable bonds is 5. The number of benzene rings is 1. The highest BCUT2D eigenvalue weighted by Crippen LogP contribution is 2.05. The van der Waals surface area contributed by atoms with Crippen LogP contribution >= 0.6 is 24.0 Å². The van der Waals surface area contributed by atoms with Crippen molar-refractivity contribution in [1.82, 2.24) is 20.8 Å². The van der Waals surface area contributed by atoms with Crippen LogP contribution < -0.4 is 10.6 Å². The second-order valence-corrected chi connectivity index (χ2v) is 4.77. The highest BCUT2D eigenvalue weighted by Gasteiger charge is 2.04. The fourth-order valence-electron chi connectivity index (χ4n) is 1.89. The highest BCUT2D eigenvalue weighted by atomic mass is 127. The fraction of sp³-hybridized carbons (Fsp3) is 0.400. The summed E-state index contributed by atoms with van der Waals surface area (Å²) in [5.41, 5.74) is 2.42. The molecular weight excluding hydrogens is 393 g/mol. The number of nitrogens with one attached hydrogen (secondary N) is 2. The van der Waals surface area contributed by atoms with Crippen LogP contribution in [0.3, 0.4) is 0 Å². The van der Waals surface area contributed by atoms with E-state index in [0.29, 0.717) is 24.8 Å². The topological polar surface area (TPSA) is 75.3 Å². The van der Waals surface area contributed by atoms with E-state index in [1.165, 1.54) is 11.1 Å². The second-order valence-electron chi connectivity index (χ2n) is 4.77. The van der Waals surface area contributed by atoms with E-state index >= 15 is 0 Å². The summed E-state index contributed by atoms with van der Waals surface area (Å²) in [5, 5.41) is 10.1. The Balaban J connectivity index is 0.00000242. The number of hydrogen-bond donors (Lipinski definition) is 2. The zero-order valence-electron chi connectivity index (χ0n) is 13.1. The molecule has 0 bridgehead atoms. The smallest absolute Gasteiger partial charge is 0.246 e. The van der Waals surface area contributed by atoms with Crippen LogP contribution in [0.1, 0.15) is 29.8 Å². The molecule has 0 saturated heterocycles. The van der Waals surface area contributed by atoms with Gasteiger partial charge in [0.2, 0.25) is 5.89 Å². The van der Waals surface area contributed by atoms with Crippen LogP contribution in [0.2, 0.25) is 0 Å². The Bertz CT molecular complexity index is 611. The maximum absolute atomic E-state index is 5.06. The third kappa shape index (κ3) is 6.00. The average molecular weight is 415 g/mol. The molecule has 6 nitrogen and oxygen atoms in total. The average Bonchev–Trinajstić information content (AvgIpc) is 2.88. The van der Waals surface area contributed by atoms with Crippen LogP contribution in [-0.2, 0) is 13.1 Å². The number of guanidine groups is 1. The molecule has 2 rings (SSSR count). The van der Waals surface area contributed by atoms with Gasteiger partial charge >= 0.3 is 0 Å². The van der Waals surface area contributed by atoms with Gasteiger partial charge in [-0.25, -0.2) is 4.99 Å². The predicted molar refractivity (Wildman–Crippen MR) is 97.3 cm³/mol. The van der Waals surface area contributed by atoms with Crippen LogP contribution in [0.5, 0.6) is 0 Å². The first-order valence-electron chi connectivity index (χ1n) is 7.04. The minimum absolute atomic E-state index is 0. The van der Waals surface area contributed by atoms with Crippen molar-refractivity contribution in [3.05, 3.63) is 47.1 Å². The van der Waals surface area contributed by atoms with Crippen LogP contribution in [0.25, 0.3) is 0 Å². The van der Waals surface area contributed by atoms with Gasteiger partial charge in [0.1, 0.15) is 0 Å². The summed E-state index contributed by atoms with van der Waals surface area (Å²) in [7, 11) is 0. The molecule has 1 aromatic heterocycles. The SMILES string of the molecule is CCNC(=NCc1cccc(C)c1)NCc1nc(C)no1.I. The van der Waals surface area contributed by atoms with Gasteiger partial charge in [-0.15, -0.1) is 24.0 Å². The zero-order chi connectivity index (χ0) is 15.1. The van der Waals surface area contributed by atoms with Gasteiger partial charge in [0.05, 0.1) is 13.1 Å². The van der Waals surface area contributed by atoms with Gasteiger partial charge in [0, 0.05) is 6.54 Å². The lowest BCUT2D eigenvalue weighted by atomic mass is 10.1. The van der Waals surface area contributed by atoms with E-state index in [1.807, 2.05) is 13.0 Å². The van der Waals surface area contributed by atoms with Crippen molar-refractivity contribution in [2.24, 2.45) is 4.99 Å². The zero-order valence-corrected chi connectivity index (χ0v) is 15.4. The molecule has 1 aromatic carbocycles. The molecular formula is C15H22IN5O. The van der Waals surface area contributed by atoms with Gasteiger partial charge in [-0.1, -0.05) is 35.0 Å². The van der Waals surface area contributed by atoms with Crippen LogP contribution in [0.15, 0.2) is 33.8 Å². The van der Waals surface area contributed by atoms with Crippen molar-refractivity contribution in [1.29, 1.82) is 0 Å². The summed E-state index contributed by atoms with van der Waals surface area (Å²) < 4.78 is 5.06. The molecule has 1 heterocycles.